The molecule has 1 aliphatic rings. The van der Waals surface area contributed by atoms with E-state index in [1.165, 1.54) is 29.2 Å². The number of non-ortho nitro benzene ring substituents is 1. The Morgan fingerprint density at radius 3 is 2.45 bits per heavy atom. The summed E-state index contributed by atoms with van der Waals surface area (Å²) in [6.07, 6.45) is 3.71. The van der Waals surface area contributed by atoms with Crippen LogP contribution in [0.25, 0.3) is 6.08 Å². The van der Waals surface area contributed by atoms with E-state index in [1.807, 2.05) is 43.3 Å². The van der Waals surface area contributed by atoms with Crippen LogP contribution in [0.1, 0.15) is 19.4 Å². The van der Waals surface area contributed by atoms with Gasteiger partial charge in [-0.2, -0.15) is 0 Å². The molecule has 0 radical (unpaired) electrons. The number of nitro benzene ring substituents is 1. The molecule has 31 heavy (non-hydrogen) atoms. The molecule has 158 valence electrons. The van der Waals surface area contributed by atoms with Crippen LogP contribution in [0.3, 0.4) is 0 Å². The van der Waals surface area contributed by atoms with E-state index in [0.717, 1.165) is 22.9 Å². The Labute approximate surface area is 189 Å². The van der Waals surface area contributed by atoms with Gasteiger partial charge in [0.1, 0.15) is 10.4 Å². The highest BCUT2D eigenvalue weighted by molar-refractivity contribution is 8.26. The maximum Gasteiger partial charge on any atom is 0.269 e. The summed E-state index contributed by atoms with van der Waals surface area (Å²) < 4.78 is 0.301. The molecule has 0 saturated carbocycles. The lowest BCUT2D eigenvalue weighted by atomic mass is 10.1. The molecule has 9 heteroatoms. The zero-order valence-electron chi connectivity index (χ0n) is 16.8. The van der Waals surface area contributed by atoms with Crippen molar-refractivity contribution in [1.82, 2.24) is 4.90 Å². The van der Waals surface area contributed by atoms with Gasteiger partial charge in [-0.3, -0.25) is 24.6 Å². The minimum Gasteiger partial charge on any atom is -0.324 e. The first-order chi connectivity index (χ1) is 14.8. The highest BCUT2D eigenvalue weighted by atomic mass is 32.2. The summed E-state index contributed by atoms with van der Waals surface area (Å²) in [5.74, 6) is -0.773. The Morgan fingerprint density at radius 2 is 1.84 bits per heavy atom. The second-order valence-corrected chi connectivity index (χ2v) is 8.50. The van der Waals surface area contributed by atoms with Crippen molar-refractivity contribution in [3.05, 3.63) is 86.8 Å². The van der Waals surface area contributed by atoms with Gasteiger partial charge in [0.2, 0.25) is 5.91 Å². The van der Waals surface area contributed by atoms with Gasteiger partial charge in [-0.15, -0.1) is 0 Å². The number of amides is 2. The minimum atomic E-state index is -0.841. The zero-order valence-corrected chi connectivity index (χ0v) is 18.4. The molecule has 1 aliphatic heterocycles. The van der Waals surface area contributed by atoms with Crippen molar-refractivity contribution in [2.45, 2.75) is 19.9 Å². The normalized spacial score (nSPS) is 16.5. The van der Waals surface area contributed by atoms with Gasteiger partial charge in [-0.25, -0.2) is 0 Å². The molecule has 0 spiro atoms. The van der Waals surface area contributed by atoms with Gasteiger partial charge in [-0.1, -0.05) is 60.4 Å². The molecule has 1 N–H and O–H groups in total. The van der Waals surface area contributed by atoms with Gasteiger partial charge >= 0.3 is 0 Å². The van der Waals surface area contributed by atoms with Gasteiger partial charge in [0.15, 0.2) is 0 Å². The standard InChI is InChI=1S/C22H19N3O4S2/c1-14(12-16-6-4-3-5-7-16)13-19-21(27)24(22(30)31-19)15(2)20(26)23-17-8-10-18(11-9-17)25(28)29/h3-13,15H,1-2H3,(H,23,26)/b14-12+,19-13-. The van der Waals surface area contributed by atoms with E-state index in [-0.39, 0.29) is 11.6 Å². The second-order valence-electron chi connectivity index (χ2n) is 6.82. The number of allylic oxidation sites excluding steroid dienone is 2. The Hall–Kier alpha value is -3.30. The number of benzene rings is 2. The molecular weight excluding hydrogens is 434 g/mol. The van der Waals surface area contributed by atoms with Crippen molar-refractivity contribution >= 4 is 57.6 Å². The zero-order chi connectivity index (χ0) is 22.5. The van der Waals surface area contributed by atoms with Crippen LogP contribution in [0.5, 0.6) is 0 Å². The van der Waals surface area contributed by atoms with Crippen molar-refractivity contribution in [3.63, 3.8) is 0 Å². The molecule has 2 aromatic rings. The maximum atomic E-state index is 12.9. The van der Waals surface area contributed by atoms with E-state index in [4.69, 9.17) is 12.2 Å². The first kappa shape index (κ1) is 22.4. The minimum absolute atomic E-state index is 0.0768. The number of rotatable bonds is 6. The number of thiocarbonyl (C=S) groups is 1. The molecule has 0 aliphatic carbocycles. The molecule has 3 rings (SSSR count). The lowest BCUT2D eigenvalue weighted by Gasteiger charge is -2.22. The smallest absolute Gasteiger partial charge is 0.269 e. The van der Waals surface area contributed by atoms with Gasteiger partial charge < -0.3 is 5.32 Å². The molecule has 0 bridgehead atoms. The molecule has 1 atom stereocenters. The third-order valence-corrected chi connectivity index (χ3v) is 5.82. The number of nitrogens with one attached hydrogen (secondary N) is 1. The first-order valence-electron chi connectivity index (χ1n) is 9.32. The number of carbonyl (C=O) groups is 2. The Morgan fingerprint density at radius 1 is 1.19 bits per heavy atom. The summed E-state index contributed by atoms with van der Waals surface area (Å²) in [5.41, 5.74) is 2.22. The fourth-order valence-corrected chi connectivity index (χ4v) is 4.37. The quantitative estimate of drug-likeness (QED) is 0.293. The number of nitrogens with zero attached hydrogens (tertiary/aromatic N) is 2. The largest absolute Gasteiger partial charge is 0.324 e. The Bertz CT molecular complexity index is 1100. The molecule has 2 aromatic carbocycles. The fraction of sp³-hybridized carbons (Fsp3) is 0.136. The maximum absolute atomic E-state index is 12.9. The van der Waals surface area contributed by atoms with E-state index in [2.05, 4.69) is 5.32 Å². The number of hydrogen-bond donors (Lipinski definition) is 1. The van der Waals surface area contributed by atoms with Crippen molar-refractivity contribution in [1.29, 1.82) is 0 Å². The van der Waals surface area contributed by atoms with E-state index in [0.29, 0.717) is 14.9 Å². The number of nitro groups is 1. The third kappa shape index (κ3) is 5.44. The van der Waals surface area contributed by atoms with Gasteiger partial charge in [0.25, 0.3) is 11.6 Å². The molecule has 7 nitrogen and oxygen atoms in total. The van der Waals surface area contributed by atoms with E-state index in [9.17, 15) is 19.7 Å². The van der Waals surface area contributed by atoms with E-state index in [1.54, 1.807) is 13.0 Å². The van der Waals surface area contributed by atoms with Crippen LogP contribution in [0.4, 0.5) is 11.4 Å². The van der Waals surface area contributed by atoms with Crippen LogP contribution < -0.4 is 5.32 Å². The molecular formula is C22H19N3O4S2. The molecule has 1 unspecified atom stereocenters. The van der Waals surface area contributed by atoms with Crippen LogP contribution in [-0.4, -0.2) is 32.0 Å². The average Bonchev–Trinajstić information content (AvgIpc) is 3.01. The van der Waals surface area contributed by atoms with Crippen molar-refractivity contribution < 1.29 is 14.5 Å². The number of thioether (sulfide) groups is 1. The Balaban J connectivity index is 1.71. The molecule has 1 saturated heterocycles. The Kier molecular flexibility index (Phi) is 6.98. The monoisotopic (exact) mass is 453 g/mol. The first-order valence-corrected chi connectivity index (χ1v) is 10.5. The molecule has 1 fully saturated rings. The predicted molar refractivity (Wildman–Crippen MR) is 126 cm³/mol. The van der Waals surface area contributed by atoms with Gasteiger partial charge in [0.05, 0.1) is 9.83 Å². The predicted octanol–water partition coefficient (Wildman–Crippen LogP) is 4.77. The van der Waals surface area contributed by atoms with E-state index >= 15 is 0 Å². The van der Waals surface area contributed by atoms with Crippen molar-refractivity contribution in [3.8, 4) is 0 Å². The molecule has 2 amide bonds. The summed E-state index contributed by atoms with van der Waals surface area (Å²) in [7, 11) is 0. The van der Waals surface area contributed by atoms with Gasteiger partial charge in [0, 0.05) is 17.8 Å². The fourth-order valence-electron chi connectivity index (χ4n) is 2.90. The average molecular weight is 454 g/mol. The summed E-state index contributed by atoms with van der Waals surface area (Å²) in [6.45, 7) is 3.48. The van der Waals surface area contributed by atoms with E-state index < -0.39 is 16.9 Å². The van der Waals surface area contributed by atoms with Crippen LogP contribution in [0, 0.1) is 10.1 Å². The van der Waals surface area contributed by atoms with Gasteiger partial charge in [-0.05, 0) is 43.2 Å². The summed E-state index contributed by atoms with van der Waals surface area (Å²) in [4.78, 5) is 37.5. The lowest BCUT2D eigenvalue weighted by molar-refractivity contribution is -0.384. The lowest BCUT2D eigenvalue weighted by Crippen LogP contribution is -2.44. The SMILES string of the molecule is CC(/C=C1\SC(=S)N(C(C)C(=O)Nc2ccc([N+](=O)[O-])cc2)C1=O)=C\c1ccccc1. The number of anilines is 1. The third-order valence-electron chi connectivity index (χ3n) is 4.49. The summed E-state index contributed by atoms with van der Waals surface area (Å²) in [6, 6.07) is 14.4. The highest BCUT2D eigenvalue weighted by Crippen LogP contribution is 2.33. The van der Waals surface area contributed by atoms with Crippen molar-refractivity contribution in [2.24, 2.45) is 0 Å². The summed E-state index contributed by atoms with van der Waals surface area (Å²) >= 11 is 6.49. The number of carbonyl (C=O) groups excluding carboxylic acids is 2. The summed E-state index contributed by atoms with van der Waals surface area (Å²) in [5, 5.41) is 13.4. The van der Waals surface area contributed by atoms with Crippen LogP contribution in [0.2, 0.25) is 0 Å². The highest BCUT2D eigenvalue weighted by Gasteiger charge is 2.38. The number of hydrogen-bond acceptors (Lipinski definition) is 6. The topological polar surface area (TPSA) is 92.6 Å². The van der Waals surface area contributed by atoms with Crippen molar-refractivity contribution in [2.75, 3.05) is 5.32 Å². The van der Waals surface area contributed by atoms with Crippen LogP contribution in [0.15, 0.2) is 71.2 Å². The van der Waals surface area contributed by atoms with Crippen LogP contribution in [-0.2, 0) is 9.59 Å². The van der Waals surface area contributed by atoms with Crippen LogP contribution >= 0.6 is 24.0 Å². The second kappa shape index (κ2) is 9.67. The molecule has 0 aromatic heterocycles. The molecule has 1 heterocycles.